The molecule has 0 atom stereocenters. The molecule has 0 bridgehead atoms. The van der Waals surface area contributed by atoms with Gasteiger partial charge in [-0.25, -0.2) is 0 Å². The Morgan fingerprint density at radius 1 is 1.03 bits per heavy atom. The molecular weight excluding hydrogens is 462 g/mol. The first-order valence-corrected chi connectivity index (χ1v) is 12.6. The van der Waals surface area contributed by atoms with E-state index in [9.17, 15) is 9.59 Å². The van der Waals surface area contributed by atoms with Crippen LogP contribution in [-0.2, 0) is 6.42 Å². The van der Waals surface area contributed by atoms with Crippen molar-refractivity contribution in [2.45, 2.75) is 46.0 Å². The van der Waals surface area contributed by atoms with Crippen molar-refractivity contribution in [2.75, 3.05) is 13.7 Å². The van der Waals surface area contributed by atoms with Crippen molar-refractivity contribution in [1.29, 1.82) is 0 Å². The Hall–Kier alpha value is -3.52. The van der Waals surface area contributed by atoms with Gasteiger partial charge in [-0.05, 0) is 42.7 Å². The summed E-state index contributed by atoms with van der Waals surface area (Å²) in [4.78, 5) is 29.9. The molecule has 7 nitrogen and oxygen atoms in total. The van der Waals surface area contributed by atoms with Crippen LogP contribution >= 0.6 is 11.3 Å². The van der Waals surface area contributed by atoms with E-state index in [4.69, 9.17) is 9.47 Å². The lowest BCUT2D eigenvalue weighted by Gasteiger charge is -2.11. The summed E-state index contributed by atoms with van der Waals surface area (Å²) < 4.78 is 13.0. The molecular formula is C27H29N3O4S. The van der Waals surface area contributed by atoms with Crippen LogP contribution in [-0.4, -0.2) is 28.3 Å². The fourth-order valence-electron chi connectivity index (χ4n) is 3.71. The molecule has 0 unspecified atom stereocenters. The van der Waals surface area contributed by atoms with Gasteiger partial charge in [0.15, 0.2) is 11.5 Å². The molecule has 0 saturated heterocycles. The number of fused-ring (bicyclic) bond motifs is 1. The summed E-state index contributed by atoms with van der Waals surface area (Å²) in [5.74, 6) is 1.28. The first kappa shape index (κ1) is 24.6. The largest absolute Gasteiger partial charge is 0.493 e. The van der Waals surface area contributed by atoms with Crippen molar-refractivity contribution >= 4 is 22.4 Å². The Morgan fingerprint density at radius 2 is 1.83 bits per heavy atom. The summed E-state index contributed by atoms with van der Waals surface area (Å²) in [6.45, 7) is 4.82. The van der Waals surface area contributed by atoms with Crippen LogP contribution in [0.25, 0.3) is 11.0 Å². The molecule has 0 radical (unpaired) electrons. The fourth-order valence-corrected chi connectivity index (χ4v) is 4.61. The zero-order valence-corrected chi connectivity index (χ0v) is 21.1. The van der Waals surface area contributed by atoms with Crippen molar-refractivity contribution in [2.24, 2.45) is 0 Å². The minimum Gasteiger partial charge on any atom is -0.493 e. The molecule has 2 aromatic heterocycles. The van der Waals surface area contributed by atoms with Gasteiger partial charge in [0.1, 0.15) is 5.69 Å². The van der Waals surface area contributed by atoms with Gasteiger partial charge in [0.2, 0.25) is 4.96 Å². The Bertz CT molecular complexity index is 1480. The van der Waals surface area contributed by atoms with E-state index in [0.717, 1.165) is 40.9 Å². The Labute approximate surface area is 207 Å². The third-order valence-electron chi connectivity index (χ3n) is 5.68. The van der Waals surface area contributed by atoms with Crippen LogP contribution in [0, 0.1) is 6.92 Å². The second kappa shape index (κ2) is 11.3. The molecule has 2 aromatic carbocycles. The second-order valence-electron chi connectivity index (χ2n) is 8.46. The predicted octanol–water partition coefficient (Wildman–Crippen LogP) is 3.93. The minimum absolute atomic E-state index is 0.245. The SMILES string of the molecule is CCCCCCOc1ccc(C=c2sc3nc(=O)c(Cc4ccc(C)cc4)nn3c2=O)cc1OC. The summed E-state index contributed by atoms with van der Waals surface area (Å²) in [5.41, 5.74) is 2.38. The quantitative estimate of drug-likeness (QED) is 0.313. The standard InChI is InChI=1S/C27H29N3O4S/c1-4-5-6-7-14-34-22-13-12-20(16-23(22)33-3)17-24-26(32)30-27(35-24)28-25(31)21(29-30)15-19-10-8-18(2)9-11-19/h8-13,16-17H,4-7,14-15H2,1-3H3. The molecule has 4 rings (SSSR count). The van der Waals surface area contributed by atoms with Crippen molar-refractivity contribution in [3.05, 3.63) is 90.1 Å². The number of rotatable bonds is 10. The number of hydrogen-bond donors (Lipinski definition) is 0. The van der Waals surface area contributed by atoms with Gasteiger partial charge in [-0.1, -0.05) is 73.4 Å². The third kappa shape index (κ3) is 5.95. The Morgan fingerprint density at radius 3 is 2.57 bits per heavy atom. The summed E-state index contributed by atoms with van der Waals surface area (Å²) in [5, 5.41) is 4.33. The van der Waals surface area contributed by atoms with Gasteiger partial charge in [0, 0.05) is 6.42 Å². The molecule has 0 N–H and O–H groups in total. The number of hydrogen-bond acceptors (Lipinski definition) is 7. The first-order valence-electron chi connectivity index (χ1n) is 11.8. The number of unbranched alkanes of at least 4 members (excludes halogenated alkanes) is 3. The topological polar surface area (TPSA) is 82.8 Å². The van der Waals surface area contributed by atoms with Crippen LogP contribution < -0.4 is 25.1 Å². The molecule has 2 heterocycles. The van der Waals surface area contributed by atoms with Crippen LogP contribution in [0.4, 0.5) is 0 Å². The van der Waals surface area contributed by atoms with Gasteiger partial charge in [-0.3, -0.25) is 9.59 Å². The normalized spacial score (nSPS) is 11.8. The van der Waals surface area contributed by atoms with E-state index in [0.29, 0.717) is 29.1 Å². The molecule has 0 aliphatic carbocycles. The molecule has 4 aromatic rings. The fraction of sp³-hybridized carbons (Fsp3) is 0.333. The van der Waals surface area contributed by atoms with Crippen molar-refractivity contribution in [3.8, 4) is 11.5 Å². The molecule has 0 fully saturated rings. The van der Waals surface area contributed by atoms with Crippen molar-refractivity contribution in [1.82, 2.24) is 14.6 Å². The van der Waals surface area contributed by atoms with Crippen LogP contribution in [0.3, 0.4) is 0 Å². The second-order valence-corrected chi connectivity index (χ2v) is 9.46. The molecule has 8 heteroatoms. The van der Waals surface area contributed by atoms with Crippen molar-refractivity contribution < 1.29 is 9.47 Å². The van der Waals surface area contributed by atoms with E-state index in [1.807, 2.05) is 49.4 Å². The van der Waals surface area contributed by atoms with Gasteiger partial charge >= 0.3 is 0 Å². The molecule has 0 amide bonds. The highest BCUT2D eigenvalue weighted by molar-refractivity contribution is 7.15. The lowest BCUT2D eigenvalue weighted by Crippen LogP contribution is -2.28. The summed E-state index contributed by atoms with van der Waals surface area (Å²) in [6, 6.07) is 13.4. The highest BCUT2D eigenvalue weighted by Crippen LogP contribution is 2.28. The maximum atomic E-state index is 13.0. The zero-order valence-electron chi connectivity index (χ0n) is 20.2. The number of thiazole rings is 1. The smallest absolute Gasteiger partial charge is 0.296 e. The van der Waals surface area contributed by atoms with Gasteiger partial charge < -0.3 is 9.47 Å². The lowest BCUT2D eigenvalue weighted by atomic mass is 10.1. The average molecular weight is 492 g/mol. The minimum atomic E-state index is -0.416. The predicted molar refractivity (Wildman–Crippen MR) is 139 cm³/mol. The monoisotopic (exact) mass is 491 g/mol. The number of nitrogens with zero attached hydrogens (tertiary/aromatic N) is 3. The van der Waals surface area contributed by atoms with Crippen LogP contribution in [0.5, 0.6) is 11.5 Å². The van der Waals surface area contributed by atoms with E-state index < -0.39 is 5.56 Å². The molecule has 0 aliphatic heterocycles. The molecule has 182 valence electrons. The molecule has 0 aliphatic rings. The highest BCUT2D eigenvalue weighted by atomic mass is 32.1. The van der Waals surface area contributed by atoms with Gasteiger partial charge in [-0.2, -0.15) is 14.6 Å². The number of aromatic nitrogens is 3. The zero-order chi connectivity index (χ0) is 24.8. The lowest BCUT2D eigenvalue weighted by molar-refractivity contribution is 0.285. The van der Waals surface area contributed by atoms with Crippen LogP contribution in [0.2, 0.25) is 0 Å². The third-order valence-corrected chi connectivity index (χ3v) is 6.64. The molecule has 0 saturated carbocycles. The maximum Gasteiger partial charge on any atom is 0.296 e. The van der Waals surface area contributed by atoms with E-state index in [1.165, 1.54) is 17.4 Å². The van der Waals surface area contributed by atoms with Crippen LogP contribution in [0.15, 0.2) is 52.1 Å². The Kier molecular flexibility index (Phi) is 7.92. The molecule has 35 heavy (non-hydrogen) atoms. The summed E-state index contributed by atoms with van der Waals surface area (Å²) >= 11 is 1.14. The van der Waals surface area contributed by atoms with Gasteiger partial charge in [-0.15, -0.1) is 0 Å². The van der Waals surface area contributed by atoms with Crippen LogP contribution in [0.1, 0.15) is 55.0 Å². The molecule has 0 spiro atoms. The number of aryl methyl sites for hydroxylation is 1. The maximum absolute atomic E-state index is 13.0. The first-order chi connectivity index (χ1) is 17.0. The van der Waals surface area contributed by atoms with Crippen molar-refractivity contribution in [3.63, 3.8) is 0 Å². The number of ether oxygens (including phenoxy) is 2. The Balaban J connectivity index is 1.60. The average Bonchev–Trinajstić information content (AvgIpc) is 3.15. The summed E-state index contributed by atoms with van der Waals surface area (Å²) in [7, 11) is 1.59. The van der Waals surface area contributed by atoms with E-state index in [1.54, 1.807) is 13.2 Å². The van der Waals surface area contributed by atoms with Gasteiger partial charge in [0.05, 0.1) is 18.2 Å². The van der Waals surface area contributed by atoms with E-state index >= 15 is 0 Å². The van der Waals surface area contributed by atoms with Gasteiger partial charge in [0.25, 0.3) is 11.1 Å². The van der Waals surface area contributed by atoms with E-state index in [2.05, 4.69) is 17.0 Å². The summed E-state index contributed by atoms with van der Waals surface area (Å²) in [6.07, 6.45) is 6.59. The number of methoxy groups -OCH3 is 1. The highest BCUT2D eigenvalue weighted by Gasteiger charge is 2.12. The van der Waals surface area contributed by atoms with E-state index in [-0.39, 0.29) is 16.2 Å². The number of benzene rings is 2.